The van der Waals surface area contributed by atoms with Gasteiger partial charge in [-0.3, -0.25) is 4.57 Å². The SMILES string of the molecule is N#Cc1cc(F)cc(Cn2nc3n(c2=O)CCCC3)c1. The lowest BCUT2D eigenvalue weighted by molar-refractivity contribution is 0.511. The zero-order valence-corrected chi connectivity index (χ0v) is 10.8. The number of nitriles is 1. The normalized spacial score (nSPS) is 13.8. The van der Waals surface area contributed by atoms with Crippen molar-refractivity contribution in [1.29, 1.82) is 5.26 Å². The van der Waals surface area contributed by atoms with E-state index in [0.717, 1.165) is 25.1 Å². The molecular weight excluding hydrogens is 259 g/mol. The fourth-order valence-electron chi connectivity index (χ4n) is 2.53. The number of hydrogen-bond donors (Lipinski definition) is 0. The van der Waals surface area contributed by atoms with Crippen molar-refractivity contribution in [3.8, 4) is 6.07 Å². The third kappa shape index (κ3) is 2.23. The van der Waals surface area contributed by atoms with Gasteiger partial charge in [-0.1, -0.05) is 0 Å². The van der Waals surface area contributed by atoms with E-state index in [9.17, 15) is 9.18 Å². The van der Waals surface area contributed by atoms with Gasteiger partial charge in [0.25, 0.3) is 0 Å². The van der Waals surface area contributed by atoms with Gasteiger partial charge in [-0.25, -0.2) is 13.9 Å². The van der Waals surface area contributed by atoms with Crippen LogP contribution in [0.15, 0.2) is 23.0 Å². The summed E-state index contributed by atoms with van der Waals surface area (Å²) in [5.74, 6) is 0.314. The fraction of sp³-hybridized carbons (Fsp3) is 0.357. The molecule has 0 amide bonds. The van der Waals surface area contributed by atoms with Crippen molar-refractivity contribution in [1.82, 2.24) is 14.3 Å². The van der Waals surface area contributed by atoms with Crippen LogP contribution in [0.5, 0.6) is 0 Å². The Kier molecular flexibility index (Phi) is 3.11. The summed E-state index contributed by atoms with van der Waals surface area (Å²) in [6.07, 6.45) is 2.82. The molecule has 0 saturated carbocycles. The molecule has 6 heteroatoms. The predicted molar refractivity (Wildman–Crippen MR) is 69.6 cm³/mol. The Balaban J connectivity index is 1.96. The van der Waals surface area contributed by atoms with Crippen molar-refractivity contribution >= 4 is 0 Å². The molecule has 0 spiro atoms. The van der Waals surface area contributed by atoms with E-state index >= 15 is 0 Å². The van der Waals surface area contributed by atoms with Crippen LogP contribution in [-0.2, 0) is 19.5 Å². The second-order valence-corrected chi connectivity index (χ2v) is 4.93. The zero-order valence-electron chi connectivity index (χ0n) is 10.8. The average Bonchev–Trinajstić information content (AvgIpc) is 2.75. The molecular formula is C14H13FN4O. The lowest BCUT2D eigenvalue weighted by Crippen LogP contribution is -2.27. The number of nitrogens with zero attached hydrogens (tertiary/aromatic N) is 4. The Morgan fingerprint density at radius 3 is 2.95 bits per heavy atom. The molecule has 3 rings (SSSR count). The summed E-state index contributed by atoms with van der Waals surface area (Å²) in [5.41, 5.74) is 0.651. The second kappa shape index (κ2) is 4.93. The van der Waals surface area contributed by atoms with Crippen LogP contribution >= 0.6 is 0 Å². The van der Waals surface area contributed by atoms with Crippen molar-refractivity contribution in [3.63, 3.8) is 0 Å². The number of rotatable bonds is 2. The van der Waals surface area contributed by atoms with E-state index in [4.69, 9.17) is 5.26 Å². The number of aryl methyl sites for hydroxylation is 1. The lowest BCUT2D eigenvalue weighted by Gasteiger charge is -2.09. The molecule has 2 aromatic rings. The topological polar surface area (TPSA) is 63.6 Å². The molecule has 0 radical (unpaired) electrons. The summed E-state index contributed by atoms with van der Waals surface area (Å²) < 4.78 is 16.4. The summed E-state index contributed by atoms with van der Waals surface area (Å²) >= 11 is 0. The van der Waals surface area contributed by atoms with E-state index in [2.05, 4.69) is 5.10 Å². The van der Waals surface area contributed by atoms with Crippen molar-refractivity contribution in [3.05, 3.63) is 51.5 Å². The maximum atomic E-state index is 13.4. The Morgan fingerprint density at radius 1 is 1.35 bits per heavy atom. The predicted octanol–water partition coefficient (Wildman–Crippen LogP) is 1.44. The first-order valence-corrected chi connectivity index (χ1v) is 6.53. The molecule has 0 N–H and O–H groups in total. The van der Waals surface area contributed by atoms with Gasteiger partial charge in [0.15, 0.2) is 0 Å². The molecule has 0 atom stereocenters. The molecule has 1 aliphatic rings. The molecule has 20 heavy (non-hydrogen) atoms. The molecule has 1 aliphatic heterocycles. The van der Waals surface area contributed by atoms with Crippen LogP contribution < -0.4 is 5.69 Å². The van der Waals surface area contributed by atoms with Gasteiger partial charge in [0.1, 0.15) is 11.6 Å². The van der Waals surface area contributed by atoms with Gasteiger partial charge in [-0.15, -0.1) is 0 Å². The van der Waals surface area contributed by atoms with E-state index < -0.39 is 5.82 Å². The number of benzene rings is 1. The standard InChI is InChI=1S/C14H13FN4O/c15-12-6-10(8-16)5-11(7-12)9-19-14(20)18-4-2-1-3-13(18)17-19/h5-7H,1-4,9H2. The maximum Gasteiger partial charge on any atom is 0.346 e. The first-order valence-electron chi connectivity index (χ1n) is 6.53. The zero-order chi connectivity index (χ0) is 14.1. The van der Waals surface area contributed by atoms with E-state index in [1.54, 1.807) is 10.6 Å². The number of fused-ring (bicyclic) bond motifs is 1. The Labute approximate surface area is 114 Å². The molecule has 102 valence electrons. The minimum absolute atomic E-state index is 0.164. The van der Waals surface area contributed by atoms with Crippen molar-refractivity contribution < 1.29 is 4.39 Å². The molecule has 0 fully saturated rings. The molecule has 0 aliphatic carbocycles. The van der Waals surface area contributed by atoms with E-state index in [1.807, 2.05) is 6.07 Å². The largest absolute Gasteiger partial charge is 0.346 e. The highest BCUT2D eigenvalue weighted by atomic mass is 19.1. The van der Waals surface area contributed by atoms with Crippen LogP contribution in [0.4, 0.5) is 4.39 Å². The third-order valence-corrected chi connectivity index (χ3v) is 3.45. The second-order valence-electron chi connectivity index (χ2n) is 4.93. The summed E-state index contributed by atoms with van der Waals surface area (Å²) in [4.78, 5) is 12.2. The van der Waals surface area contributed by atoms with Gasteiger partial charge in [-0.2, -0.15) is 10.4 Å². The minimum atomic E-state index is -0.476. The highest BCUT2D eigenvalue weighted by Gasteiger charge is 2.16. The van der Waals surface area contributed by atoms with E-state index in [-0.39, 0.29) is 17.8 Å². The fourth-order valence-corrected chi connectivity index (χ4v) is 2.53. The molecule has 0 saturated heterocycles. The van der Waals surface area contributed by atoms with Gasteiger partial charge in [0.05, 0.1) is 18.2 Å². The summed E-state index contributed by atoms with van der Waals surface area (Å²) in [6.45, 7) is 0.881. The number of hydrogen-bond acceptors (Lipinski definition) is 3. The van der Waals surface area contributed by atoms with Gasteiger partial charge >= 0.3 is 5.69 Å². The Hall–Kier alpha value is -2.42. The molecule has 1 aromatic carbocycles. The Morgan fingerprint density at radius 2 is 2.20 bits per heavy atom. The van der Waals surface area contributed by atoms with Gasteiger partial charge in [0, 0.05) is 13.0 Å². The quantitative estimate of drug-likeness (QED) is 0.831. The van der Waals surface area contributed by atoms with Gasteiger partial charge in [0.2, 0.25) is 0 Å². The van der Waals surface area contributed by atoms with Crippen LogP contribution in [0.2, 0.25) is 0 Å². The van der Waals surface area contributed by atoms with Crippen LogP contribution in [0.1, 0.15) is 29.8 Å². The summed E-state index contributed by atoms with van der Waals surface area (Å²) in [5, 5.41) is 13.1. The van der Waals surface area contributed by atoms with Crippen LogP contribution in [0, 0.1) is 17.1 Å². The van der Waals surface area contributed by atoms with Crippen molar-refractivity contribution in [2.24, 2.45) is 0 Å². The molecule has 2 heterocycles. The van der Waals surface area contributed by atoms with Crippen molar-refractivity contribution in [2.45, 2.75) is 32.4 Å². The molecule has 5 nitrogen and oxygen atoms in total. The third-order valence-electron chi connectivity index (χ3n) is 3.45. The first-order chi connectivity index (χ1) is 9.67. The Bertz CT molecular complexity index is 754. The number of halogens is 1. The monoisotopic (exact) mass is 272 g/mol. The molecule has 0 unspecified atom stereocenters. The van der Waals surface area contributed by atoms with Crippen LogP contribution in [0.3, 0.4) is 0 Å². The average molecular weight is 272 g/mol. The number of aromatic nitrogens is 3. The highest BCUT2D eigenvalue weighted by molar-refractivity contribution is 5.33. The molecule has 1 aromatic heterocycles. The van der Waals surface area contributed by atoms with E-state index in [0.29, 0.717) is 12.1 Å². The smallest absolute Gasteiger partial charge is 0.279 e. The van der Waals surface area contributed by atoms with Crippen LogP contribution in [-0.4, -0.2) is 14.3 Å². The highest BCUT2D eigenvalue weighted by Crippen LogP contribution is 2.12. The molecule has 0 bridgehead atoms. The maximum absolute atomic E-state index is 13.4. The summed E-state index contributed by atoms with van der Waals surface area (Å²) in [6, 6.07) is 5.98. The van der Waals surface area contributed by atoms with Crippen LogP contribution in [0.25, 0.3) is 0 Å². The van der Waals surface area contributed by atoms with E-state index in [1.165, 1.54) is 16.8 Å². The van der Waals surface area contributed by atoms with Crippen molar-refractivity contribution in [2.75, 3.05) is 0 Å². The first kappa shape index (κ1) is 12.6. The minimum Gasteiger partial charge on any atom is -0.279 e. The lowest BCUT2D eigenvalue weighted by atomic mass is 10.1. The van der Waals surface area contributed by atoms with Gasteiger partial charge in [-0.05, 0) is 36.6 Å². The van der Waals surface area contributed by atoms with Gasteiger partial charge < -0.3 is 0 Å². The summed E-state index contributed by atoms with van der Waals surface area (Å²) in [7, 11) is 0.